The van der Waals surface area contributed by atoms with Gasteiger partial charge >= 0.3 is 6.03 Å². The van der Waals surface area contributed by atoms with Crippen LogP contribution in [-0.4, -0.2) is 71.0 Å². The summed E-state index contributed by atoms with van der Waals surface area (Å²) in [6.07, 6.45) is 5.45. The van der Waals surface area contributed by atoms with Crippen molar-refractivity contribution in [2.45, 2.75) is 38.1 Å². The molecular weight excluding hydrogens is 527 g/mol. The number of piperazine rings is 1. The molecule has 2 aromatic rings. The normalized spacial score (nSPS) is 20.1. The van der Waals surface area contributed by atoms with Gasteiger partial charge in [0.25, 0.3) is 0 Å². The summed E-state index contributed by atoms with van der Waals surface area (Å²) in [7, 11) is 4.66. The topological polar surface area (TPSA) is 75.3 Å². The van der Waals surface area contributed by atoms with E-state index in [1.54, 1.807) is 33.5 Å². The van der Waals surface area contributed by atoms with Crippen molar-refractivity contribution >= 4 is 40.6 Å². The molecule has 1 saturated heterocycles. The highest BCUT2D eigenvalue weighted by atomic mass is 35.5. The van der Waals surface area contributed by atoms with Crippen molar-refractivity contribution < 1.29 is 19.0 Å². The molecule has 0 unspecified atom stereocenters. The molecule has 38 heavy (non-hydrogen) atoms. The number of urea groups is 1. The molecule has 208 valence electrons. The maximum atomic E-state index is 12.7. The van der Waals surface area contributed by atoms with Crippen LogP contribution in [0.15, 0.2) is 30.3 Å². The number of hydrogen-bond donors (Lipinski definition) is 2. The van der Waals surface area contributed by atoms with Gasteiger partial charge in [0.2, 0.25) is 5.75 Å². The van der Waals surface area contributed by atoms with Crippen LogP contribution in [0.4, 0.5) is 16.2 Å². The first-order chi connectivity index (χ1) is 18.4. The number of hydrogen-bond acceptors (Lipinski definition) is 6. The highest BCUT2D eigenvalue weighted by molar-refractivity contribution is 6.43. The number of halogens is 2. The minimum Gasteiger partial charge on any atom is -0.493 e. The monoisotopic (exact) mass is 564 g/mol. The van der Waals surface area contributed by atoms with E-state index in [4.69, 9.17) is 37.4 Å². The van der Waals surface area contributed by atoms with Crippen molar-refractivity contribution in [2.75, 3.05) is 64.3 Å². The second-order valence-electron chi connectivity index (χ2n) is 9.92. The van der Waals surface area contributed by atoms with Crippen molar-refractivity contribution in [3.63, 3.8) is 0 Å². The van der Waals surface area contributed by atoms with Crippen LogP contribution in [0.1, 0.15) is 32.1 Å². The van der Waals surface area contributed by atoms with Gasteiger partial charge in [-0.25, -0.2) is 4.79 Å². The van der Waals surface area contributed by atoms with E-state index in [9.17, 15) is 4.79 Å². The summed E-state index contributed by atoms with van der Waals surface area (Å²) in [6.45, 7) is 5.08. The average Bonchev–Trinajstić information content (AvgIpc) is 2.94. The van der Waals surface area contributed by atoms with Crippen LogP contribution in [0.3, 0.4) is 0 Å². The third-order valence-corrected chi connectivity index (χ3v) is 8.41. The summed E-state index contributed by atoms with van der Waals surface area (Å²) < 4.78 is 16.1. The van der Waals surface area contributed by atoms with Gasteiger partial charge in [-0.3, -0.25) is 4.90 Å². The van der Waals surface area contributed by atoms with Gasteiger partial charge in [0.1, 0.15) is 0 Å². The minimum atomic E-state index is -0.222. The van der Waals surface area contributed by atoms with Gasteiger partial charge in [-0.1, -0.05) is 29.3 Å². The summed E-state index contributed by atoms with van der Waals surface area (Å²) in [5, 5.41) is 7.28. The standard InChI is InChI=1S/C28H38Cl2N4O4/c1-36-24-17-21(18-25(37-2)27(24)38-3)32-28(35)31-20-9-7-19(8-10-20)11-12-33-13-15-34(16-14-33)23-6-4-5-22(29)26(23)30/h4-6,17-20H,7-16H2,1-3H3,(H2,31,32,35)/t19-,20-. The lowest BCUT2D eigenvalue weighted by atomic mass is 9.84. The number of nitrogens with zero attached hydrogens (tertiary/aromatic N) is 2. The Hall–Kier alpha value is -2.55. The lowest BCUT2D eigenvalue weighted by molar-refractivity contribution is 0.208. The number of benzene rings is 2. The number of carbonyl (C=O) groups excluding carboxylic acids is 1. The number of anilines is 2. The number of methoxy groups -OCH3 is 3. The highest BCUT2D eigenvalue weighted by Gasteiger charge is 2.25. The van der Waals surface area contributed by atoms with Gasteiger partial charge in [-0.2, -0.15) is 0 Å². The van der Waals surface area contributed by atoms with Crippen LogP contribution >= 0.6 is 23.2 Å². The van der Waals surface area contributed by atoms with E-state index < -0.39 is 0 Å². The molecule has 0 radical (unpaired) electrons. The zero-order valence-electron chi connectivity index (χ0n) is 22.4. The molecule has 4 rings (SSSR count). The van der Waals surface area contributed by atoms with E-state index in [1.807, 2.05) is 18.2 Å². The molecule has 0 atom stereocenters. The number of ether oxygens (including phenoxy) is 3. The van der Waals surface area contributed by atoms with Crippen LogP contribution in [0, 0.1) is 5.92 Å². The first-order valence-corrected chi connectivity index (χ1v) is 14.0. The van der Waals surface area contributed by atoms with Gasteiger partial charge in [0.05, 0.1) is 42.7 Å². The second-order valence-corrected chi connectivity index (χ2v) is 10.7. The first-order valence-electron chi connectivity index (χ1n) is 13.2. The Bertz CT molecular complexity index is 1060. The molecule has 10 heteroatoms. The van der Waals surface area contributed by atoms with Crippen molar-refractivity contribution in [1.29, 1.82) is 0 Å². The predicted molar refractivity (Wildman–Crippen MR) is 154 cm³/mol. The number of rotatable bonds is 9. The third kappa shape index (κ3) is 7.10. The third-order valence-electron chi connectivity index (χ3n) is 7.60. The van der Waals surface area contributed by atoms with Crippen molar-refractivity contribution in [3.05, 3.63) is 40.4 Å². The summed E-state index contributed by atoms with van der Waals surface area (Å²) in [6, 6.07) is 9.23. The summed E-state index contributed by atoms with van der Waals surface area (Å²) >= 11 is 12.6. The maximum Gasteiger partial charge on any atom is 0.319 e. The molecule has 1 aliphatic heterocycles. The molecule has 0 aromatic heterocycles. The average molecular weight is 566 g/mol. The smallest absolute Gasteiger partial charge is 0.319 e. The minimum absolute atomic E-state index is 0.180. The Labute approximate surface area is 235 Å². The predicted octanol–water partition coefficient (Wildman–Crippen LogP) is 5.91. The fourth-order valence-corrected chi connectivity index (χ4v) is 5.83. The van der Waals surface area contributed by atoms with Crippen LogP contribution in [0.25, 0.3) is 0 Å². The SMILES string of the molecule is COc1cc(NC(=O)N[C@H]2CC[C@H](CCN3CCN(c4cccc(Cl)c4Cl)CC3)CC2)cc(OC)c1OC. The summed E-state index contributed by atoms with van der Waals surface area (Å²) in [4.78, 5) is 17.5. The van der Waals surface area contributed by atoms with E-state index >= 15 is 0 Å². The van der Waals surface area contributed by atoms with E-state index in [2.05, 4.69) is 20.4 Å². The largest absolute Gasteiger partial charge is 0.493 e. The van der Waals surface area contributed by atoms with Crippen molar-refractivity contribution in [3.8, 4) is 17.2 Å². The first kappa shape index (κ1) is 28.5. The van der Waals surface area contributed by atoms with Gasteiger partial charge in [0.15, 0.2) is 11.5 Å². The van der Waals surface area contributed by atoms with Crippen molar-refractivity contribution in [2.24, 2.45) is 5.92 Å². The Kier molecular flexibility index (Phi) is 10.1. The molecule has 2 amide bonds. The fraction of sp³-hybridized carbons (Fsp3) is 0.536. The van der Waals surface area contributed by atoms with Crippen LogP contribution in [0.5, 0.6) is 17.2 Å². The molecule has 1 aliphatic carbocycles. The molecule has 8 nitrogen and oxygen atoms in total. The molecule has 2 aromatic carbocycles. The molecular formula is C28H38Cl2N4O4. The molecule has 0 bridgehead atoms. The molecule has 2 fully saturated rings. The highest BCUT2D eigenvalue weighted by Crippen LogP contribution is 2.40. The number of carbonyl (C=O) groups is 1. The Morgan fingerprint density at radius 2 is 1.61 bits per heavy atom. The summed E-state index contributed by atoms with van der Waals surface area (Å²) in [5.41, 5.74) is 1.61. The van der Waals surface area contributed by atoms with Gasteiger partial charge in [-0.05, 0) is 56.7 Å². The Morgan fingerprint density at radius 1 is 0.947 bits per heavy atom. The van der Waals surface area contributed by atoms with E-state index in [-0.39, 0.29) is 12.1 Å². The zero-order chi connectivity index (χ0) is 27.1. The molecule has 2 aliphatic rings. The molecule has 0 spiro atoms. The number of amides is 2. The van der Waals surface area contributed by atoms with Crippen LogP contribution in [0.2, 0.25) is 10.0 Å². The van der Waals surface area contributed by atoms with Crippen LogP contribution in [-0.2, 0) is 0 Å². The summed E-state index contributed by atoms with van der Waals surface area (Å²) in [5.74, 6) is 2.19. The van der Waals surface area contributed by atoms with Crippen LogP contribution < -0.4 is 29.7 Å². The second kappa shape index (κ2) is 13.5. The van der Waals surface area contributed by atoms with E-state index in [0.29, 0.717) is 38.9 Å². The van der Waals surface area contributed by atoms with E-state index in [1.165, 1.54) is 6.42 Å². The van der Waals surface area contributed by atoms with Crippen molar-refractivity contribution in [1.82, 2.24) is 10.2 Å². The Balaban J connectivity index is 1.17. The molecule has 1 saturated carbocycles. The molecule has 2 N–H and O–H groups in total. The lowest BCUT2D eigenvalue weighted by Gasteiger charge is -2.37. The van der Waals surface area contributed by atoms with Gasteiger partial charge in [-0.15, -0.1) is 0 Å². The fourth-order valence-electron chi connectivity index (χ4n) is 5.42. The number of nitrogens with one attached hydrogen (secondary N) is 2. The Morgan fingerprint density at radius 3 is 2.21 bits per heavy atom. The molecule has 1 heterocycles. The van der Waals surface area contributed by atoms with Gasteiger partial charge < -0.3 is 29.7 Å². The zero-order valence-corrected chi connectivity index (χ0v) is 23.9. The lowest BCUT2D eigenvalue weighted by Crippen LogP contribution is -2.47. The quantitative estimate of drug-likeness (QED) is 0.394. The van der Waals surface area contributed by atoms with E-state index in [0.717, 1.165) is 64.1 Å². The maximum absolute atomic E-state index is 12.7. The van der Waals surface area contributed by atoms with Gasteiger partial charge in [0, 0.05) is 44.4 Å².